The number of aromatic nitrogens is 1. The third kappa shape index (κ3) is 4.32. The molecule has 2 aromatic rings. The fraction of sp³-hybridized carbons (Fsp3) is 0.435. The van der Waals surface area contributed by atoms with Crippen LogP contribution in [0.5, 0.6) is 0 Å². The number of nitrogens with zero attached hydrogens (tertiary/aromatic N) is 4. The van der Waals surface area contributed by atoms with Gasteiger partial charge in [0.2, 0.25) is 5.91 Å². The van der Waals surface area contributed by atoms with Gasteiger partial charge in [-0.25, -0.2) is 0 Å². The molecule has 2 fully saturated rings. The van der Waals surface area contributed by atoms with Gasteiger partial charge in [-0.2, -0.15) is 0 Å². The Hall–Kier alpha value is -2.73. The molecule has 6 heteroatoms. The number of carbonyl (C=O) groups is 2. The predicted octanol–water partition coefficient (Wildman–Crippen LogP) is 2.26. The molecule has 4 rings (SSSR count). The number of likely N-dealkylation sites (tertiary alicyclic amines) is 1. The number of piperazine rings is 1. The molecule has 152 valence electrons. The van der Waals surface area contributed by atoms with Crippen LogP contribution in [0.15, 0.2) is 42.6 Å². The number of rotatable bonds is 4. The number of hydrogen-bond donors (Lipinski definition) is 0. The Bertz CT molecular complexity index is 871. The van der Waals surface area contributed by atoms with Gasteiger partial charge in [-0.3, -0.25) is 19.5 Å². The van der Waals surface area contributed by atoms with E-state index in [0.29, 0.717) is 19.6 Å². The topological polar surface area (TPSA) is 56.8 Å². The smallest absolute Gasteiger partial charge is 0.253 e. The number of amides is 2. The van der Waals surface area contributed by atoms with Crippen LogP contribution in [0.2, 0.25) is 0 Å². The van der Waals surface area contributed by atoms with Crippen LogP contribution in [0.3, 0.4) is 0 Å². The first-order valence-electron chi connectivity index (χ1n) is 10.3. The highest BCUT2D eigenvalue weighted by atomic mass is 16.2. The van der Waals surface area contributed by atoms with Crippen molar-refractivity contribution in [3.8, 4) is 0 Å². The second kappa shape index (κ2) is 8.33. The molecule has 2 saturated heterocycles. The predicted molar refractivity (Wildman–Crippen MR) is 111 cm³/mol. The molecular formula is C23H28N4O2. The minimum atomic E-state index is -0.0721. The van der Waals surface area contributed by atoms with Crippen LogP contribution < -0.4 is 0 Å². The highest BCUT2D eigenvalue weighted by molar-refractivity contribution is 5.94. The summed E-state index contributed by atoms with van der Waals surface area (Å²) in [5.74, 6) is 0.274. The van der Waals surface area contributed by atoms with E-state index in [1.165, 1.54) is 0 Å². The number of pyridine rings is 1. The van der Waals surface area contributed by atoms with Crippen molar-refractivity contribution in [2.75, 3.05) is 32.7 Å². The zero-order chi connectivity index (χ0) is 20.4. The molecule has 0 aliphatic carbocycles. The largest absolute Gasteiger partial charge is 0.336 e. The third-order valence-corrected chi connectivity index (χ3v) is 5.86. The van der Waals surface area contributed by atoms with Crippen LogP contribution in [0.25, 0.3) is 0 Å². The van der Waals surface area contributed by atoms with E-state index in [1.54, 1.807) is 6.20 Å². The maximum Gasteiger partial charge on any atom is 0.253 e. The van der Waals surface area contributed by atoms with Crippen LogP contribution in [-0.4, -0.2) is 70.3 Å². The standard InChI is InChI=1S/C23H28N4O2/c1-17-13-18(2)15-19(14-17)22(28)26-11-9-25(10-12-26)21-6-8-27(23(21)29)16-20-5-3-4-7-24-20/h3-5,7,13-15,21H,6,8-12,16H2,1-2H3. The van der Waals surface area contributed by atoms with E-state index in [1.807, 2.05) is 54.0 Å². The molecule has 0 saturated carbocycles. The van der Waals surface area contributed by atoms with Crippen molar-refractivity contribution >= 4 is 11.8 Å². The Labute approximate surface area is 172 Å². The van der Waals surface area contributed by atoms with E-state index in [0.717, 1.165) is 48.4 Å². The van der Waals surface area contributed by atoms with Gasteiger partial charge in [0.25, 0.3) is 5.91 Å². The Morgan fingerprint density at radius 3 is 2.41 bits per heavy atom. The first kappa shape index (κ1) is 19.6. The van der Waals surface area contributed by atoms with Crippen molar-refractivity contribution in [2.45, 2.75) is 32.9 Å². The molecule has 0 radical (unpaired) electrons. The average Bonchev–Trinajstić information content (AvgIpc) is 3.08. The summed E-state index contributed by atoms with van der Waals surface area (Å²) in [6.07, 6.45) is 2.61. The van der Waals surface area contributed by atoms with E-state index < -0.39 is 0 Å². The molecule has 2 aliphatic rings. The molecule has 2 amide bonds. The zero-order valence-electron chi connectivity index (χ0n) is 17.2. The van der Waals surface area contributed by atoms with E-state index in [-0.39, 0.29) is 17.9 Å². The maximum absolute atomic E-state index is 12.9. The van der Waals surface area contributed by atoms with Crippen LogP contribution in [0.4, 0.5) is 0 Å². The Kier molecular flexibility index (Phi) is 5.62. The molecule has 0 spiro atoms. The second-order valence-electron chi connectivity index (χ2n) is 8.09. The summed E-state index contributed by atoms with van der Waals surface area (Å²) < 4.78 is 0. The lowest BCUT2D eigenvalue weighted by atomic mass is 10.1. The van der Waals surface area contributed by atoms with Crippen molar-refractivity contribution in [2.24, 2.45) is 0 Å². The average molecular weight is 393 g/mol. The third-order valence-electron chi connectivity index (χ3n) is 5.86. The molecule has 1 aromatic heterocycles. The van der Waals surface area contributed by atoms with Crippen molar-refractivity contribution in [1.82, 2.24) is 19.7 Å². The van der Waals surface area contributed by atoms with Gasteiger partial charge in [-0.1, -0.05) is 23.3 Å². The van der Waals surface area contributed by atoms with E-state index in [2.05, 4.69) is 16.0 Å². The summed E-state index contributed by atoms with van der Waals surface area (Å²) >= 11 is 0. The number of benzene rings is 1. The molecule has 1 aromatic carbocycles. The summed E-state index contributed by atoms with van der Waals surface area (Å²) in [4.78, 5) is 36.2. The Morgan fingerprint density at radius 1 is 1.03 bits per heavy atom. The van der Waals surface area contributed by atoms with Crippen molar-refractivity contribution in [3.63, 3.8) is 0 Å². The zero-order valence-corrected chi connectivity index (χ0v) is 17.2. The first-order valence-corrected chi connectivity index (χ1v) is 10.3. The van der Waals surface area contributed by atoms with Gasteiger partial charge in [0.1, 0.15) is 0 Å². The molecule has 0 N–H and O–H groups in total. The van der Waals surface area contributed by atoms with Crippen molar-refractivity contribution in [1.29, 1.82) is 0 Å². The number of hydrogen-bond acceptors (Lipinski definition) is 4. The molecule has 0 bridgehead atoms. The van der Waals surface area contributed by atoms with E-state index in [4.69, 9.17) is 0 Å². The SMILES string of the molecule is Cc1cc(C)cc(C(=O)N2CCN(C3CCN(Cc4ccccn4)C3=O)CC2)c1. The van der Waals surface area contributed by atoms with Gasteiger partial charge < -0.3 is 9.80 Å². The molecule has 3 heterocycles. The molecule has 6 nitrogen and oxygen atoms in total. The summed E-state index contributed by atoms with van der Waals surface area (Å²) in [7, 11) is 0. The van der Waals surface area contributed by atoms with Gasteiger partial charge in [0.05, 0.1) is 18.3 Å². The quantitative estimate of drug-likeness (QED) is 0.801. The van der Waals surface area contributed by atoms with Crippen LogP contribution in [0.1, 0.15) is 33.6 Å². The first-order chi connectivity index (χ1) is 14.0. The molecule has 1 unspecified atom stereocenters. The van der Waals surface area contributed by atoms with Gasteiger partial charge in [-0.05, 0) is 44.5 Å². The summed E-state index contributed by atoms with van der Waals surface area (Å²) in [5.41, 5.74) is 3.90. The van der Waals surface area contributed by atoms with Gasteiger partial charge in [-0.15, -0.1) is 0 Å². The Morgan fingerprint density at radius 2 is 1.76 bits per heavy atom. The fourth-order valence-corrected chi connectivity index (χ4v) is 4.42. The van der Waals surface area contributed by atoms with E-state index in [9.17, 15) is 9.59 Å². The molecule has 2 aliphatic heterocycles. The molecular weight excluding hydrogens is 364 g/mol. The normalized spacial score (nSPS) is 20.3. The van der Waals surface area contributed by atoms with Crippen LogP contribution in [-0.2, 0) is 11.3 Å². The van der Waals surface area contributed by atoms with Crippen LogP contribution >= 0.6 is 0 Å². The maximum atomic E-state index is 12.9. The van der Waals surface area contributed by atoms with Crippen molar-refractivity contribution in [3.05, 3.63) is 65.0 Å². The monoisotopic (exact) mass is 392 g/mol. The van der Waals surface area contributed by atoms with E-state index >= 15 is 0 Å². The highest BCUT2D eigenvalue weighted by Gasteiger charge is 2.37. The van der Waals surface area contributed by atoms with Gasteiger partial charge >= 0.3 is 0 Å². The minimum absolute atomic E-state index is 0.0721. The number of carbonyl (C=O) groups excluding carboxylic acids is 2. The lowest BCUT2D eigenvalue weighted by Gasteiger charge is -2.37. The lowest BCUT2D eigenvalue weighted by Crippen LogP contribution is -2.53. The summed E-state index contributed by atoms with van der Waals surface area (Å²) in [5, 5.41) is 0. The summed E-state index contributed by atoms with van der Waals surface area (Å²) in [6.45, 7) is 8.18. The lowest BCUT2D eigenvalue weighted by molar-refractivity contribution is -0.133. The highest BCUT2D eigenvalue weighted by Crippen LogP contribution is 2.21. The number of aryl methyl sites for hydroxylation is 2. The van der Waals surface area contributed by atoms with Crippen molar-refractivity contribution < 1.29 is 9.59 Å². The van der Waals surface area contributed by atoms with Crippen LogP contribution in [0, 0.1) is 13.8 Å². The summed E-state index contributed by atoms with van der Waals surface area (Å²) in [6, 6.07) is 11.7. The Balaban J connectivity index is 1.34. The van der Waals surface area contributed by atoms with Gasteiger partial charge in [0, 0.05) is 44.5 Å². The second-order valence-corrected chi connectivity index (χ2v) is 8.09. The fourth-order valence-electron chi connectivity index (χ4n) is 4.42. The molecule has 1 atom stereocenters. The molecule has 29 heavy (non-hydrogen) atoms. The minimum Gasteiger partial charge on any atom is -0.336 e. The van der Waals surface area contributed by atoms with Gasteiger partial charge in [0.15, 0.2) is 0 Å².